The van der Waals surface area contributed by atoms with Gasteiger partial charge < -0.3 is 0 Å². The van der Waals surface area contributed by atoms with Gasteiger partial charge in [0.25, 0.3) is 0 Å². The molecular weight excluding hydrogens is 224 g/mol. The topological polar surface area (TPSA) is 34.1 Å². The van der Waals surface area contributed by atoms with Gasteiger partial charge in [0.15, 0.2) is 11.6 Å². The molecule has 1 aliphatic carbocycles. The predicted molar refractivity (Wildman–Crippen MR) is 74.5 cm³/mol. The maximum absolute atomic E-state index is 11.8. The summed E-state index contributed by atoms with van der Waals surface area (Å²) in [5, 5.41) is 0. The molecule has 0 radical (unpaired) electrons. The molecule has 0 saturated carbocycles. The van der Waals surface area contributed by atoms with Gasteiger partial charge in [-0.2, -0.15) is 0 Å². The molecule has 0 aromatic carbocycles. The maximum atomic E-state index is 11.8. The van der Waals surface area contributed by atoms with Crippen molar-refractivity contribution >= 4 is 11.6 Å². The van der Waals surface area contributed by atoms with Gasteiger partial charge >= 0.3 is 0 Å². The zero-order valence-electron chi connectivity index (χ0n) is 11.4. The van der Waals surface area contributed by atoms with Gasteiger partial charge in [-0.1, -0.05) is 57.6 Å². The monoisotopic (exact) mass is 248 g/mol. The summed E-state index contributed by atoms with van der Waals surface area (Å²) in [7, 11) is 0. The molecule has 0 bridgehead atoms. The number of ketones is 2. The molecule has 0 heterocycles. The Labute approximate surface area is 110 Å². The highest BCUT2D eigenvalue weighted by Crippen LogP contribution is 2.14. The van der Waals surface area contributed by atoms with Crippen LogP contribution in [-0.2, 0) is 9.59 Å². The molecule has 0 amide bonds. The zero-order chi connectivity index (χ0) is 13.2. The molecule has 0 spiro atoms. The van der Waals surface area contributed by atoms with E-state index in [1.165, 1.54) is 32.1 Å². The first-order valence-corrected chi connectivity index (χ1v) is 7.19. The van der Waals surface area contributed by atoms with E-state index in [4.69, 9.17) is 0 Å². The number of unbranched alkanes of at least 4 members (excludes halogenated alkanes) is 6. The van der Waals surface area contributed by atoms with E-state index in [1.807, 2.05) is 0 Å². The second kappa shape index (κ2) is 8.84. The number of allylic oxidation sites excluding steroid dienone is 4. The number of hydrogen-bond donors (Lipinski definition) is 0. The minimum Gasteiger partial charge on any atom is -0.294 e. The molecule has 1 aliphatic rings. The van der Waals surface area contributed by atoms with Crippen LogP contribution in [-0.4, -0.2) is 11.6 Å². The molecule has 0 unspecified atom stereocenters. The molecule has 0 saturated heterocycles. The van der Waals surface area contributed by atoms with Crippen molar-refractivity contribution in [3.05, 3.63) is 23.8 Å². The Morgan fingerprint density at radius 1 is 1.11 bits per heavy atom. The quantitative estimate of drug-likeness (QED) is 0.453. The predicted octanol–water partition coefficient (Wildman–Crippen LogP) is 4.15. The fourth-order valence-corrected chi connectivity index (χ4v) is 2.17. The van der Waals surface area contributed by atoms with Crippen molar-refractivity contribution in [2.45, 2.75) is 64.7 Å². The lowest BCUT2D eigenvalue weighted by Gasteiger charge is -2.06. The smallest absolute Gasteiger partial charge is 0.170 e. The fourth-order valence-electron chi connectivity index (χ4n) is 2.17. The van der Waals surface area contributed by atoms with Gasteiger partial charge in [-0.25, -0.2) is 0 Å². The van der Waals surface area contributed by atoms with Gasteiger partial charge in [-0.3, -0.25) is 9.59 Å². The van der Waals surface area contributed by atoms with Crippen molar-refractivity contribution in [1.82, 2.24) is 0 Å². The van der Waals surface area contributed by atoms with E-state index in [0.29, 0.717) is 18.4 Å². The number of rotatable bonds is 9. The minimum atomic E-state index is -0.0227. The maximum Gasteiger partial charge on any atom is 0.170 e. The second-order valence-corrected chi connectivity index (χ2v) is 4.93. The molecule has 2 heteroatoms. The van der Waals surface area contributed by atoms with Crippen molar-refractivity contribution in [1.29, 1.82) is 0 Å². The van der Waals surface area contributed by atoms with E-state index in [1.54, 1.807) is 18.2 Å². The summed E-state index contributed by atoms with van der Waals surface area (Å²) in [6.45, 7) is 2.21. The lowest BCUT2D eigenvalue weighted by molar-refractivity contribution is -0.121. The Balaban J connectivity index is 2.12. The average molecular weight is 248 g/mol. The van der Waals surface area contributed by atoms with Crippen LogP contribution in [0.5, 0.6) is 0 Å². The van der Waals surface area contributed by atoms with E-state index >= 15 is 0 Å². The van der Waals surface area contributed by atoms with Gasteiger partial charge in [-0.15, -0.1) is 0 Å². The number of carbonyl (C=O) groups is 2. The Morgan fingerprint density at radius 2 is 1.78 bits per heavy atom. The normalized spacial score (nSPS) is 14.7. The third kappa shape index (κ3) is 5.44. The molecule has 0 aromatic rings. The first-order chi connectivity index (χ1) is 8.75. The minimum absolute atomic E-state index is 0.0227. The van der Waals surface area contributed by atoms with Crippen LogP contribution >= 0.6 is 0 Å². The van der Waals surface area contributed by atoms with Crippen LogP contribution in [0.1, 0.15) is 64.7 Å². The van der Waals surface area contributed by atoms with Crippen molar-refractivity contribution in [3.8, 4) is 0 Å². The molecule has 1 rings (SSSR count). The third-order valence-corrected chi connectivity index (χ3v) is 3.31. The van der Waals surface area contributed by atoms with Crippen LogP contribution < -0.4 is 0 Å². The van der Waals surface area contributed by atoms with Crippen molar-refractivity contribution in [2.24, 2.45) is 0 Å². The fraction of sp³-hybridized carbons (Fsp3) is 0.625. The van der Waals surface area contributed by atoms with Gasteiger partial charge in [0.05, 0.1) is 5.57 Å². The largest absolute Gasteiger partial charge is 0.294 e. The van der Waals surface area contributed by atoms with Crippen LogP contribution in [0.15, 0.2) is 23.8 Å². The second-order valence-electron chi connectivity index (χ2n) is 4.93. The number of carbonyl (C=O) groups excluding carboxylic acids is 2. The van der Waals surface area contributed by atoms with Crippen molar-refractivity contribution < 1.29 is 9.59 Å². The summed E-state index contributed by atoms with van der Waals surface area (Å²) in [5.41, 5.74) is 0.406. The molecule has 0 N–H and O–H groups in total. The summed E-state index contributed by atoms with van der Waals surface area (Å²) < 4.78 is 0. The zero-order valence-corrected chi connectivity index (χ0v) is 11.4. The van der Waals surface area contributed by atoms with E-state index in [-0.39, 0.29) is 11.6 Å². The summed E-state index contributed by atoms with van der Waals surface area (Å²) >= 11 is 0. The Morgan fingerprint density at radius 3 is 2.44 bits per heavy atom. The van der Waals surface area contributed by atoms with Crippen LogP contribution in [0.4, 0.5) is 0 Å². The highest BCUT2D eigenvalue weighted by molar-refractivity contribution is 6.21. The van der Waals surface area contributed by atoms with Gasteiger partial charge in [0, 0.05) is 12.8 Å². The first kappa shape index (κ1) is 14.9. The van der Waals surface area contributed by atoms with E-state index in [2.05, 4.69) is 6.92 Å². The van der Waals surface area contributed by atoms with E-state index < -0.39 is 0 Å². The molecular formula is C16H24O2. The third-order valence-electron chi connectivity index (χ3n) is 3.31. The Hall–Kier alpha value is -1.18. The van der Waals surface area contributed by atoms with Crippen LogP contribution in [0.25, 0.3) is 0 Å². The molecule has 2 nitrogen and oxygen atoms in total. The summed E-state index contributed by atoms with van der Waals surface area (Å²) in [5.74, 6) is 0.00311. The van der Waals surface area contributed by atoms with Gasteiger partial charge in [0.1, 0.15) is 0 Å². The number of hydrogen-bond acceptors (Lipinski definition) is 2. The SMILES string of the molecule is CCCCCCCCCC(=O)C1=CC=CCC1=O. The summed E-state index contributed by atoms with van der Waals surface area (Å²) in [6.07, 6.45) is 14.6. The summed E-state index contributed by atoms with van der Waals surface area (Å²) in [4.78, 5) is 23.3. The molecule has 18 heavy (non-hydrogen) atoms. The van der Waals surface area contributed by atoms with Gasteiger partial charge in [0.2, 0.25) is 0 Å². The van der Waals surface area contributed by atoms with E-state index in [9.17, 15) is 9.59 Å². The Kier molecular flexibility index (Phi) is 7.31. The van der Waals surface area contributed by atoms with Gasteiger partial charge in [-0.05, 0) is 12.5 Å². The summed E-state index contributed by atoms with van der Waals surface area (Å²) in [6, 6.07) is 0. The van der Waals surface area contributed by atoms with Crippen LogP contribution in [0.3, 0.4) is 0 Å². The molecule has 0 fully saturated rings. The Bertz CT molecular complexity index is 337. The standard InChI is InChI=1S/C16H24O2/c1-2-3-4-5-6-7-8-12-15(17)14-11-9-10-13-16(14)18/h9-11H,2-8,12-13H2,1H3. The number of Topliss-reactive ketones (excluding diaryl/α,β-unsaturated/α-hetero) is 2. The van der Waals surface area contributed by atoms with Crippen LogP contribution in [0, 0.1) is 0 Å². The molecule has 0 aromatic heterocycles. The van der Waals surface area contributed by atoms with Crippen LogP contribution in [0.2, 0.25) is 0 Å². The first-order valence-electron chi connectivity index (χ1n) is 7.19. The molecule has 0 aliphatic heterocycles. The van der Waals surface area contributed by atoms with Crippen molar-refractivity contribution in [3.63, 3.8) is 0 Å². The molecule has 100 valence electrons. The lowest BCUT2D eigenvalue weighted by Crippen LogP contribution is -2.13. The van der Waals surface area contributed by atoms with E-state index in [0.717, 1.165) is 12.8 Å². The highest BCUT2D eigenvalue weighted by Gasteiger charge is 2.17. The average Bonchev–Trinajstić information content (AvgIpc) is 2.38. The molecule has 0 atom stereocenters. The highest BCUT2D eigenvalue weighted by atomic mass is 16.1. The van der Waals surface area contributed by atoms with Crippen molar-refractivity contribution in [2.75, 3.05) is 0 Å². The lowest BCUT2D eigenvalue weighted by atomic mass is 9.96.